The Morgan fingerprint density at radius 1 is 0.958 bits per heavy atom. The minimum absolute atomic E-state index is 0.0129. The van der Waals surface area contributed by atoms with Crippen LogP contribution in [0.2, 0.25) is 0 Å². The molecular formula is C20H27F3O. The molecule has 4 unspecified atom stereocenters. The minimum Gasteiger partial charge on any atom is -0.378 e. The molecular weight excluding hydrogens is 313 g/mol. The first-order chi connectivity index (χ1) is 11.6. The number of benzene rings is 1. The van der Waals surface area contributed by atoms with E-state index in [2.05, 4.69) is 6.92 Å². The van der Waals surface area contributed by atoms with E-state index in [4.69, 9.17) is 4.74 Å². The number of hydrogen-bond acceptors (Lipinski definition) is 1. The van der Waals surface area contributed by atoms with Crippen molar-refractivity contribution in [3.8, 4) is 0 Å². The second kappa shape index (κ2) is 7.90. The molecule has 2 fully saturated rings. The molecule has 0 spiro atoms. The molecule has 0 amide bonds. The van der Waals surface area contributed by atoms with E-state index < -0.39 is 17.5 Å². The Kier molecular flexibility index (Phi) is 5.85. The zero-order chi connectivity index (χ0) is 17.1. The minimum atomic E-state index is -1.33. The summed E-state index contributed by atoms with van der Waals surface area (Å²) in [5.74, 6) is -2.22. The average molecular weight is 340 g/mol. The molecule has 24 heavy (non-hydrogen) atoms. The lowest BCUT2D eigenvalue weighted by atomic mass is 9.65. The van der Waals surface area contributed by atoms with Crippen molar-refractivity contribution in [2.75, 3.05) is 6.61 Å². The number of fused-ring (bicyclic) bond motifs is 1. The lowest BCUT2D eigenvalue weighted by Gasteiger charge is -2.42. The van der Waals surface area contributed by atoms with E-state index in [9.17, 15) is 13.2 Å². The quantitative estimate of drug-likeness (QED) is 0.474. The summed E-state index contributed by atoms with van der Waals surface area (Å²) in [5, 5.41) is 0. The first kappa shape index (κ1) is 17.8. The Morgan fingerprint density at radius 2 is 1.71 bits per heavy atom. The summed E-state index contributed by atoms with van der Waals surface area (Å²) in [6, 6.07) is 2.48. The molecule has 0 aliphatic heterocycles. The molecule has 1 aromatic carbocycles. The summed E-state index contributed by atoms with van der Waals surface area (Å²) in [5.41, 5.74) is 0.355. The number of hydrogen-bond donors (Lipinski definition) is 0. The molecule has 4 heteroatoms. The lowest BCUT2D eigenvalue weighted by Crippen LogP contribution is -2.34. The van der Waals surface area contributed by atoms with Gasteiger partial charge in [-0.25, -0.2) is 13.2 Å². The van der Waals surface area contributed by atoms with Gasteiger partial charge in [-0.15, -0.1) is 0 Å². The fourth-order valence-corrected chi connectivity index (χ4v) is 4.53. The molecule has 2 saturated carbocycles. The van der Waals surface area contributed by atoms with Gasteiger partial charge in [-0.1, -0.05) is 19.4 Å². The smallest absolute Gasteiger partial charge is 0.194 e. The van der Waals surface area contributed by atoms with Crippen LogP contribution in [0.5, 0.6) is 0 Å². The number of halogens is 3. The van der Waals surface area contributed by atoms with Gasteiger partial charge in [0.05, 0.1) is 6.10 Å². The Balaban J connectivity index is 1.60. The lowest BCUT2D eigenvalue weighted by molar-refractivity contribution is -0.0161. The predicted molar refractivity (Wildman–Crippen MR) is 88.4 cm³/mol. The standard InChI is InChI=1S/C20H27F3O/c1-2-3-10-24-16-7-6-13-11-15(5-4-14(13)12-16)17-8-9-18(21)20(23)19(17)22/h8-9,13-16H,2-7,10-12H2,1H3. The highest BCUT2D eigenvalue weighted by Gasteiger charge is 2.37. The summed E-state index contributed by atoms with van der Waals surface area (Å²) in [4.78, 5) is 0. The van der Waals surface area contributed by atoms with E-state index in [0.29, 0.717) is 23.5 Å². The van der Waals surface area contributed by atoms with Gasteiger partial charge in [-0.05, 0) is 74.3 Å². The van der Waals surface area contributed by atoms with Gasteiger partial charge in [0.15, 0.2) is 17.5 Å². The Bertz CT molecular complexity index is 560. The monoisotopic (exact) mass is 340 g/mol. The van der Waals surface area contributed by atoms with Crippen LogP contribution in [0.15, 0.2) is 12.1 Å². The van der Waals surface area contributed by atoms with E-state index >= 15 is 0 Å². The van der Waals surface area contributed by atoms with Crippen LogP contribution in [0, 0.1) is 29.3 Å². The SMILES string of the molecule is CCCCOC1CCC2CC(c3ccc(F)c(F)c3F)CCC2C1. The van der Waals surface area contributed by atoms with Crippen LogP contribution in [-0.4, -0.2) is 12.7 Å². The summed E-state index contributed by atoms with van der Waals surface area (Å²) < 4.78 is 46.7. The van der Waals surface area contributed by atoms with Gasteiger partial charge >= 0.3 is 0 Å². The van der Waals surface area contributed by atoms with Crippen LogP contribution in [-0.2, 0) is 4.74 Å². The van der Waals surface area contributed by atoms with Gasteiger partial charge in [-0.2, -0.15) is 0 Å². The van der Waals surface area contributed by atoms with Gasteiger partial charge < -0.3 is 4.74 Å². The van der Waals surface area contributed by atoms with E-state index in [1.807, 2.05) is 0 Å². The first-order valence-electron chi connectivity index (χ1n) is 9.35. The van der Waals surface area contributed by atoms with Gasteiger partial charge in [0.25, 0.3) is 0 Å². The normalized spacial score (nSPS) is 30.2. The molecule has 2 aliphatic rings. The molecule has 0 heterocycles. The molecule has 1 aromatic rings. The molecule has 2 aliphatic carbocycles. The van der Waals surface area contributed by atoms with Crippen LogP contribution in [0.25, 0.3) is 0 Å². The van der Waals surface area contributed by atoms with E-state index in [1.165, 1.54) is 6.07 Å². The van der Waals surface area contributed by atoms with Crippen molar-refractivity contribution in [2.45, 2.75) is 70.3 Å². The van der Waals surface area contributed by atoms with Crippen LogP contribution < -0.4 is 0 Å². The zero-order valence-corrected chi connectivity index (χ0v) is 14.4. The van der Waals surface area contributed by atoms with Gasteiger partial charge in [0.1, 0.15) is 0 Å². The molecule has 4 atom stereocenters. The summed E-state index contributed by atoms with van der Waals surface area (Å²) in [7, 11) is 0. The molecule has 1 nitrogen and oxygen atoms in total. The van der Waals surface area contributed by atoms with Crippen molar-refractivity contribution >= 4 is 0 Å². The third-order valence-electron chi connectivity index (χ3n) is 5.92. The van der Waals surface area contributed by atoms with Crippen molar-refractivity contribution in [1.82, 2.24) is 0 Å². The van der Waals surface area contributed by atoms with Gasteiger partial charge in [0.2, 0.25) is 0 Å². The second-order valence-corrected chi connectivity index (χ2v) is 7.45. The maximum Gasteiger partial charge on any atom is 0.194 e. The highest BCUT2D eigenvalue weighted by atomic mass is 19.2. The maximum absolute atomic E-state index is 14.1. The third kappa shape index (κ3) is 3.79. The molecule has 134 valence electrons. The van der Waals surface area contributed by atoms with Crippen molar-refractivity contribution in [3.05, 3.63) is 35.1 Å². The molecule has 0 radical (unpaired) electrons. The second-order valence-electron chi connectivity index (χ2n) is 7.45. The van der Waals surface area contributed by atoms with Crippen molar-refractivity contribution in [1.29, 1.82) is 0 Å². The first-order valence-corrected chi connectivity index (χ1v) is 9.35. The Hall–Kier alpha value is -1.03. The Labute approximate surface area is 142 Å². The molecule has 0 saturated heterocycles. The summed E-state index contributed by atoms with van der Waals surface area (Å²) in [6.07, 6.45) is 8.67. The highest BCUT2D eigenvalue weighted by Crippen LogP contribution is 2.47. The molecule has 3 rings (SSSR count). The largest absolute Gasteiger partial charge is 0.378 e. The van der Waals surface area contributed by atoms with E-state index in [-0.39, 0.29) is 5.92 Å². The van der Waals surface area contributed by atoms with E-state index in [0.717, 1.165) is 64.0 Å². The number of rotatable bonds is 5. The Morgan fingerprint density at radius 3 is 2.50 bits per heavy atom. The van der Waals surface area contributed by atoms with Crippen LogP contribution in [0.3, 0.4) is 0 Å². The van der Waals surface area contributed by atoms with Gasteiger partial charge in [0, 0.05) is 6.61 Å². The van der Waals surface area contributed by atoms with Crippen LogP contribution in [0.4, 0.5) is 13.2 Å². The summed E-state index contributed by atoms with van der Waals surface area (Å²) >= 11 is 0. The van der Waals surface area contributed by atoms with Crippen molar-refractivity contribution in [2.24, 2.45) is 11.8 Å². The fourth-order valence-electron chi connectivity index (χ4n) is 4.53. The average Bonchev–Trinajstić information content (AvgIpc) is 2.60. The van der Waals surface area contributed by atoms with Crippen LogP contribution >= 0.6 is 0 Å². The molecule has 0 bridgehead atoms. The van der Waals surface area contributed by atoms with Gasteiger partial charge in [-0.3, -0.25) is 0 Å². The highest BCUT2D eigenvalue weighted by molar-refractivity contribution is 5.25. The fraction of sp³-hybridized carbons (Fsp3) is 0.700. The summed E-state index contributed by atoms with van der Waals surface area (Å²) in [6.45, 7) is 3.01. The number of ether oxygens (including phenoxy) is 1. The maximum atomic E-state index is 14.1. The molecule has 0 aromatic heterocycles. The van der Waals surface area contributed by atoms with Crippen molar-refractivity contribution in [3.63, 3.8) is 0 Å². The third-order valence-corrected chi connectivity index (χ3v) is 5.92. The van der Waals surface area contributed by atoms with E-state index in [1.54, 1.807) is 0 Å². The molecule has 0 N–H and O–H groups in total. The topological polar surface area (TPSA) is 9.23 Å². The van der Waals surface area contributed by atoms with Crippen LogP contribution in [0.1, 0.15) is 69.8 Å². The van der Waals surface area contributed by atoms with Crippen molar-refractivity contribution < 1.29 is 17.9 Å². The predicted octanol–water partition coefficient (Wildman–Crippen LogP) is 5.97. The number of unbranched alkanes of at least 4 members (excludes halogenated alkanes) is 1. The zero-order valence-electron chi connectivity index (χ0n) is 14.4.